The quantitative estimate of drug-likeness (QED) is 0.266. The predicted molar refractivity (Wildman–Crippen MR) is 142 cm³/mol. The van der Waals surface area contributed by atoms with Crippen molar-refractivity contribution in [3.63, 3.8) is 0 Å². The number of hydrogen-bond acceptors (Lipinski definition) is 7. The van der Waals surface area contributed by atoms with Crippen LogP contribution in [0.25, 0.3) is 33.4 Å². The van der Waals surface area contributed by atoms with E-state index in [1.54, 1.807) is 24.5 Å². The molecule has 0 saturated carbocycles. The molecule has 3 heterocycles. The van der Waals surface area contributed by atoms with Crippen LogP contribution in [0.3, 0.4) is 0 Å². The summed E-state index contributed by atoms with van der Waals surface area (Å²) in [6.45, 7) is 3.96. The van der Waals surface area contributed by atoms with Crippen molar-refractivity contribution < 1.29 is 9.53 Å². The van der Waals surface area contributed by atoms with Gasteiger partial charge in [-0.25, -0.2) is 15.0 Å². The van der Waals surface area contributed by atoms with Gasteiger partial charge in [-0.15, -0.1) is 0 Å². The number of nitrogens with one attached hydrogen (secondary N) is 1. The van der Waals surface area contributed by atoms with Gasteiger partial charge in [-0.05, 0) is 49.2 Å². The van der Waals surface area contributed by atoms with Crippen molar-refractivity contribution in [1.82, 2.24) is 19.9 Å². The monoisotopic (exact) mass is 495 g/mol. The fraction of sp³-hybridized carbons (Fsp3) is 0.107. The highest BCUT2D eigenvalue weighted by Crippen LogP contribution is 2.39. The van der Waals surface area contributed by atoms with Crippen LogP contribution in [0.1, 0.15) is 21.6 Å². The first-order valence-corrected chi connectivity index (χ1v) is 11.6. The summed E-state index contributed by atoms with van der Waals surface area (Å²) in [6.07, 6.45) is 4.04. The lowest BCUT2D eigenvalue weighted by Gasteiger charge is -2.16. The molecular formula is C28H22ClN5O2. The largest absolute Gasteiger partial charge is 0.480 e. The zero-order valence-corrected chi connectivity index (χ0v) is 20.7. The van der Waals surface area contributed by atoms with Crippen LogP contribution in [0.2, 0.25) is 5.02 Å². The highest BCUT2D eigenvalue weighted by Gasteiger charge is 2.16. The fourth-order valence-corrected chi connectivity index (χ4v) is 4.49. The molecule has 0 aliphatic carbocycles. The van der Waals surface area contributed by atoms with E-state index < -0.39 is 0 Å². The van der Waals surface area contributed by atoms with Crippen LogP contribution in [0.15, 0.2) is 67.0 Å². The standard InChI is InChI=1S/C28H22ClN5O2/c1-16-14-24-26(31-13-12-30-24)27(32-16)33-22-9-5-6-19(17(22)2)20-7-4-8-21(25(20)29)23-11-10-18(15-35)28(34-23)36-3/h4-15H,1-3H3,(H,32,33). The number of carbonyl (C=O) groups excluding carboxylic acids is 1. The van der Waals surface area contributed by atoms with E-state index in [1.165, 1.54) is 7.11 Å². The number of ether oxygens (including phenoxy) is 1. The van der Waals surface area contributed by atoms with Crippen LogP contribution in [-0.4, -0.2) is 33.3 Å². The second-order valence-corrected chi connectivity index (χ2v) is 8.60. The number of anilines is 2. The van der Waals surface area contributed by atoms with Crippen molar-refractivity contribution >= 4 is 40.4 Å². The summed E-state index contributed by atoms with van der Waals surface area (Å²) < 4.78 is 5.27. The number of benzene rings is 2. The molecule has 0 atom stereocenters. The van der Waals surface area contributed by atoms with Crippen LogP contribution in [0.5, 0.6) is 5.88 Å². The van der Waals surface area contributed by atoms with Gasteiger partial charge in [-0.3, -0.25) is 9.78 Å². The fourth-order valence-electron chi connectivity index (χ4n) is 4.17. The molecule has 0 amide bonds. The number of nitrogens with zero attached hydrogens (tertiary/aromatic N) is 4. The molecule has 5 aromatic rings. The average Bonchev–Trinajstić information content (AvgIpc) is 2.89. The molecule has 178 valence electrons. The molecular weight excluding hydrogens is 474 g/mol. The summed E-state index contributed by atoms with van der Waals surface area (Å²) in [5, 5.41) is 3.99. The smallest absolute Gasteiger partial charge is 0.224 e. The van der Waals surface area contributed by atoms with Crippen molar-refractivity contribution in [2.75, 3.05) is 12.4 Å². The molecule has 0 saturated heterocycles. The van der Waals surface area contributed by atoms with Crippen LogP contribution < -0.4 is 10.1 Å². The molecule has 8 heteroatoms. The van der Waals surface area contributed by atoms with E-state index in [1.807, 2.05) is 56.3 Å². The molecule has 0 radical (unpaired) electrons. The van der Waals surface area contributed by atoms with Gasteiger partial charge in [0.1, 0.15) is 5.52 Å². The van der Waals surface area contributed by atoms with Crippen molar-refractivity contribution in [2.45, 2.75) is 13.8 Å². The molecule has 36 heavy (non-hydrogen) atoms. The first-order chi connectivity index (χ1) is 17.5. The molecule has 7 nitrogen and oxygen atoms in total. The van der Waals surface area contributed by atoms with Gasteiger partial charge in [0.15, 0.2) is 12.1 Å². The van der Waals surface area contributed by atoms with Gasteiger partial charge in [0, 0.05) is 34.9 Å². The first kappa shape index (κ1) is 23.4. The van der Waals surface area contributed by atoms with Crippen LogP contribution >= 0.6 is 11.6 Å². The third-order valence-corrected chi connectivity index (χ3v) is 6.35. The molecule has 0 unspecified atom stereocenters. The first-order valence-electron chi connectivity index (χ1n) is 11.2. The molecule has 0 bridgehead atoms. The zero-order valence-electron chi connectivity index (χ0n) is 19.9. The number of halogens is 1. The summed E-state index contributed by atoms with van der Waals surface area (Å²) in [5.41, 5.74) is 7.77. The van der Waals surface area contributed by atoms with Gasteiger partial charge in [-0.2, -0.15) is 0 Å². The summed E-state index contributed by atoms with van der Waals surface area (Å²) >= 11 is 6.93. The van der Waals surface area contributed by atoms with E-state index in [-0.39, 0.29) is 5.88 Å². The number of pyridine rings is 2. The van der Waals surface area contributed by atoms with Gasteiger partial charge in [0.25, 0.3) is 0 Å². The Morgan fingerprint density at radius 1 is 0.917 bits per heavy atom. The number of methoxy groups -OCH3 is 1. The molecule has 0 aliphatic rings. The number of hydrogen-bond donors (Lipinski definition) is 1. The number of aromatic nitrogens is 4. The summed E-state index contributed by atoms with van der Waals surface area (Å²) in [7, 11) is 1.48. The summed E-state index contributed by atoms with van der Waals surface area (Å²) in [6, 6.07) is 17.1. The van der Waals surface area contributed by atoms with Gasteiger partial charge < -0.3 is 10.1 Å². The van der Waals surface area contributed by atoms with Crippen molar-refractivity contribution in [1.29, 1.82) is 0 Å². The molecule has 1 N–H and O–H groups in total. The van der Waals surface area contributed by atoms with E-state index >= 15 is 0 Å². The van der Waals surface area contributed by atoms with Crippen molar-refractivity contribution in [2.24, 2.45) is 0 Å². The number of carbonyl (C=O) groups is 1. The molecule has 3 aromatic heterocycles. The predicted octanol–water partition coefficient (Wildman–Crippen LogP) is 6.59. The number of aryl methyl sites for hydroxylation is 1. The maximum atomic E-state index is 11.3. The molecule has 0 aliphatic heterocycles. The SMILES string of the molecule is COc1nc(-c2cccc(-c3cccc(Nc4nc(C)cc5nccnc45)c3C)c2Cl)ccc1C=O. The zero-order chi connectivity index (χ0) is 25.2. The van der Waals surface area contributed by atoms with E-state index in [0.717, 1.165) is 39.2 Å². The summed E-state index contributed by atoms with van der Waals surface area (Å²) in [5.74, 6) is 0.900. The number of fused-ring (bicyclic) bond motifs is 1. The lowest BCUT2D eigenvalue weighted by molar-refractivity contribution is 0.112. The minimum absolute atomic E-state index is 0.257. The second-order valence-electron chi connectivity index (χ2n) is 8.22. The Labute approximate surface area is 213 Å². The van der Waals surface area contributed by atoms with E-state index in [4.69, 9.17) is 16.3 Å². The molecule has 2 aromatic carbocycles. The lowest BCUT2D eigenvalue weighted by atomic mass is 9.96. The van der Waals surface area contributed by atoms with Gasteiger partial charge in [0.2, 0.25) is 5.88 Å². The van der Waals surface area contributed by atoms with Gasteiger partial charge in [-0.1, -0.05) is 41.9 Å². The molecule has 0 fully saturated rings. The topological polar surface area (TPSA) is 89.9 Å². The molecule has 0 spiro atoms. The number of rotatable bonds is 6. The Hall–Kier alpha value is -4.36. The maximum Gasteiger partial charge on any atom is 0.224 e. The van der Waals surface area contributed by atoms with Gasteiger partial charge >= 0.3 is 0 Å². The normalized spacial score (nSPS) is 10.9. The Morgan fingerprint density at radius 2 is 1.67 bits per heavy atom. The van der Waals surface area contributed by atoms with Crippen LogP contribution in [0.4, 0.5) is 11.5 Å². The van der Waals surface area contributed by atoms with Crippen LogP contribution in [0, 0.1) is 13.8 Å². The minimum Gasteiger partial charge on any atom is -0.480 e. The average molecular weight is 496 g/mol. The Kier molecular flexibility index (Phi) is 6.31. The van der Waals surface area contributed by atoms with Gasteiger partial charge in [0.05, 0.1) is 28.9 Å². The molecule has 5 rings (SSSR count). The highest BCUT2D eigenvalue weighted by molar-refractivity contribution is 6.36. The second kappa shape index (κ2) is 9.71. The van der Waals surface area contributed by atoms with Crippen LogP contribution in [-0.2, 0) is 0 Å². The Bertz CT molecular complexity index is 1620. The number of aldehydes is 1. The maximum absolute atomic E-state index is 11.3. The summed E-state index contributed by atoms with van der Waals surface area (Å²) in [4.78, 5) is 29.3. The highest BCUT2D eigenvalue weighted by atomic mass is 35.5. The lowest BCUT2D eigenvalue weighted by Crippen LogP contribution is -2.01. The Balaban J connectivity index is 1.58. The van der Waals surface area contributed by atoms with E-state index in [2.05, 4.69) is 25.3 Å². The third kappa shape index (κ3) is 4.25. The van der Waals surface area contributed by atoms with Crippen molar-refractivity contribution in [3.8, 4) is 28.3 Å². The Morgan fingerprint density at radius 3 is 2.47 bits per heavy atom. The van der Waals surface area contributed by atoms with E-state index in [9.17, 15) is 4.79 Å². The minimum atomic E-state index is 0.257. The van der Waals surface area contributed by atoms with E-state index in [0.29, 0.717) is 33.9 Å². The van der Waals surface area contributed by atoms with Crippen molar-refractivity contribution in [3.05, 3.63) is 88.8 Å². The third-order valence-electron chi connectivity index (χ3n) is 5.95.